The van der Waals surface area contributed by atoms with Crippen LogP contribution in [-0.2, 0) is 0 Å². The molecule has 1 N–H and O–H groups in total. The van der Waals surface area contributed by atoms with Crippen LogP contribution in [0.1, 0.15) is 19.3 Å². The number of hydrogen-bond donors (Lipinski definition) is 1. The highest BCUT2D eigenvalue weighted by molar-refractivity contribution is 9.10. The first-order chi connectivity index (χ1) is 4.22. The summed E-state index contributed by atoms with van der Waals surface area (Å²) in [4.78, 5) is 0.603. The monoisotopic (exact) mass is 256 g/mol. The minimum Gasteiger partial charge on any atom is -0.391 e. The van der Waals surface area contributed by atoms with E-state index in [-0.39, 0.29) is 6.10 Å². The molecule has 0 spiro atoms. The Morgan fingerprint density at radius 1 is 1.11 bits per heavy atom. The van der Waals surface area contributed by atoms with Gasteiger partial charge in [-0.15, -0.1) is 0 Å². The lowest BCUT2D eigenvalue weighted by Gasteiger charge is -2.27. The molecular weight excluding hydrogens is 248 g/mol. The van der Waals surface area contributed by atoms with Crippen LogP contribution < -0.4 is 0 Å². The Bertz CT molecular complexity index is 87.1. The highest BCUT2D eigenvalue weighted by atomic mass is 79.9. The molecule has 1 nitrogen and oxygen atoms in total. The largest absolute Gasteiger partial charge is 0.391 e. The molecule has 0 heterocycles. The van der Waals surface area contributed by atoms with Crippen LogP contribution in [0, 0.1) is 0 Å². The summed E-state index contributed by atoms with van der Waals surface area (Å²) >= 11 is 6.83. The van der Waals surface area contributed by atoms with Crippen LogP contribution in [0.5, 0.6) is 0 Å². The molecule has 1 unspecified atom stereocenters. The number of aliphatic hydroxyl groups excluding tert-OH is 1. The van der Waals surface area contributed by atoms with Gasteiger partial charge in [0.15, 0.2) is 0 Å². The van der Waals surface area contributed by atoms with Crippen molar-refractivity contribution in [2.24, 2.45) is 0 Å². The van der Waals surface area contributed by atoms with E-state index in [9.17, 15) is 5.11 Å². The molecule has 3 heteroatoms. The maximum Gasteiger partial charge on any atom is 0.0789 e. The zero-order valence-corrected chi connectivity index (χ0v) is 8.23. The van der Waals surface area contributed by atoms with Gasteiger partial charge >= 0.3 is 0 Å². The molecule has 1 fully saturated rings. The van der Waals surface area contributed by atoms with Crippen molar-refractivity contribution in [2.75, 3.05) is 0 Å². The van der Waals surface area contributed by atoms with Crippen molar-refractivity contribution in [1.29, 1.82) is 0 Å². The predicted molar refractivity (Wildman–Crippen MR) is 45.3 cm³/mol. The van der Waals surface area contributed by atoms with Gasteiger partial charge in [0.05, 0.1) is 6.10 Å². The summed E-state index contributed by atoms with van der Waals surface area (Å²) in [6.45, 7) is 0. The van der Waals surface area contributed by atoms with Gasteiger partial charge in [0, 0.05) is 9.65 Å². The first-order valence-electron chi connectivity index (χ1n) is 3.18. The SMILES string of the molecule is OC1[C@H](Br)CCC[C@@H]1Br. The van der Waals surface area contributed by atoms with Gasteiger partial charge in [-0.2, -0.15) is 0 Å². The van der Waals surface area contributed by atoms with E-state index < -0.39 is 0 Å². The summed E-state index contributed by atoms with van der Waals surface area (Å²) in [7, 11) is 0. The molecule has 0 aliphatic heterocycles. The topological polar surface area (TPSA) is 20.2 Å². The van der Waals surface area contributed by atoms with Crippen LogP contribution in [0.2, 0.25) is 0 Å². The van der Waals surface area contributed by atoms with Gasteiger partial charge in [-0.25, -0.2) is 0 Å². The minimum atomic E-state index is -0.196. The number of hydrogen-bond acceptors (Lipinski definition) is 1. The van der Waals surface area contributed by atoms with E-state index >= 15 is 0 Å². The molecule has 9 heavy (non-hydrogen) atoms. The average Bonchev–Trinajstić information content (AvgIpc) is 1.83. The standard InChI is InChI=1S/C6H10Br2O/c7-4-2-1-3-5(8)6(4)9/h4-6,9H,1-3H2/t4-,5+,6?. The minimum absolute atomic E-state index is 0.196. The van der Waals surface area contributed by atoms with Crippen LogP contribution in [0.3, 0.4) is 0 Å². The fourth-order valence-electron chi connectivity index (χ4n) is 1.08. The maximum atomic E-state index is 9.35. The van der Waals surface area contributed by atoms with Gasteiger partial charge in [-0.1, -0.05) is 38.3 Å². The molecule has 3 atom stereocenters. The maximum absolute atomic E-state index is 9.35. The lowest BCUT2D eigenvalue weighted by molar-refractivity contribution is 0.148. The van der Waals surface area contributed by atoms with Gasteiger partial charge in [-0.3, -0.25) is 0 Å². The molecular formula is C6H10Br2O. The van der Waals surface area contributed by atoms with E-state index in [1.165, 1.54) is 6.42 Å². The highest BCUT2D eigenvalue weighted by Gasteiger charge is 2.27. The number of halogens is 2. The predicted octanol–water partition coefficient (Wildman–Crippen LogP) is 2.06. The Morgan fingerprint density at radius 2 is 1.56 bits per heavy atom. The van der Waals surface area contributed by atoms with Crippen molar-refractivity contribution in [2.45, 2.75) is 35.0 Å². The molecule has 0 radical (unpaired) electrons. The van der Waals surface area contributed by atoms with Crippen LogP contribution >= 0.6 is 31.9 Å². The van der Waals surface area contributed by atoms with Gasteiger partial charge < -0.3 is 5.11 Å². The number of rotatable bonds is 0. The van der Waals surface area contributed by atoms with Crippen molar-refractivity contribution >= 4 is 31.9 Å². The molecule has 54 valence electrons. The summed E-state index contributed by atoms with van der Waals surface area (Å²) < 4.78 is 0. The van der Waals surface area contributed by atoms with E-state index in [0.29, 0.717) is 9.65 Å². The van der Waals surface area contributed by atoms with Crippen LogP contribution in [0.25, 0.3) is 0 Å². The molecule has 0 aromatic rings. The van der Waals surface area contributed by atoms with Crippen molar-refractivity contribution in [3.63, 3.8) is 0 Å². The molecule has 1 aliphatic rings. The summed E-state index contributed by atoms with van der Waals surface area (Å²) in [5.41, 5.74) is 0. The van der Waals surface area contributed by atoms with Gasteiger partial charge in [0.1, 0.15) is 0 Å². The Labute approximate surface area is 72.1 Å². The quantitative estimate of drug-likeness (QED) is 0.659. The molecule has 1 rings (SSSR count). The molecule has 0 aromatic carbocycles. The second kappa shape index (κ2) is 3.35. The lowest BCUT2D eigenvalue weighted by Crippen LogP contribution is -2.33. The molecule has 0 bridgehead atoms. The van der Waals surface area contributed by atoms with E-state index in [1.807, 2.05) is 0 Å². The second-order valence-corrected chi connectivity index (χ2v) is 4.81. The first-order valence-corrected chi connectivity index (χ1v) is 5.01. The number of alkyl halides is 2. The molecule has 1 saturated carbocycles. The Morgan fingerprint density at radius 3 is 1.89 bits per heavy atom. The van der Waals surface area contributed by atoms with E-state index in [1.54, 1.807) is 0 Å². The third-order valence-corrected chi connectivity index (χ3v) is 3.70. The third kappa shape index (κ3) is 1.92. The molecule has 1 aliphatic carbocycles. The summed E-state index contributed by atoms with van der Waals surface area (Å²) in [5.74, 6) is 0. The first kappa shape index (κ1) is 8.02. The normalized spacial score (nSPS) is 45.0. The van der Waals surface area contributed by atoms with Crippen molar-refractivity contribution in [3.05, 3.63) is 0 Å². The van der Waals surface area contributed by atoms with E-state index in [2.05, 4.69) is 31.9 Å². The van der Waals surface area contributed by atoms with Crippen molar-refractivity contribution in [1.82, 2.24) is 0 Å². The summed E-state index contributed by atoms with van der Waals surface area (Å²) in [5, 5.41) is 9.35. The van der Waals surface area contributed by atoms with Crippen LogP contribution in [-0.4, -0.2) is 20.9 Å². The van der Waals surface area contributed by atoms with Crippen molar-refractivity contribution in [3.8, 4) is 0 Å². The molecule has 0 aromatic heterocycles. The van der Waals surface area contributed by atoms with Crippen LogP contribution in [0.4, 0.5) is 0 Å². The Kier molecular flexibility index (Phi) is 2.99. The van der Waals surface area contributed by atoms with Crippen LogP contribution in [0.15, 0.2) is 0 Å². The fraction of sp³-hybridized carbons (Fsp3) is 1.00. The van der Waals surface area contributed by atoms with E-state index in [4.69, 9.17) is 0 Å². The summed E-state index contributed by atoms with van der Waals surface area (Å²) in [6, 6.07) is 0. The van der Waals surface area contributed by atoms with Gasteiger partial charge in [-0.05, 0) is 12.8 Å². The molecule has 0 saturated heterocycles. The smallest absolute Gasteiger partial charge is 0.0789 e. The zero-order chi connectivity index (χ0) is 6.85. The van der Waals surface area contributed by atoms with Gasteiger partial charge in [0.2, 0.25) is 0 Å². The zero-order valence-electron chi connectivity index (χ0n) is 5.06. The highest BCUT2D eigenvalue weighted by Crippen LogP contribution is 2.29. The molecule has 0 amide bonds. The number of aliphatic hydroxyl groups is 1. The Balaban J connectivity index is 2.41. The average molecular weight is 258 g/mol. The summed E-state index contributed by atoms with van der Waals surface area (Å²) in [6.07, 6.45) is 3.22. The van der Waals surface area contributed by atoms with Crippen molar-refractivity contribution < 1.29 is 5.11 Å². The van der Waals surface area contributed by atoms with E-state index in [0.717, 1.165) is 12.8 Å². The van der Waals surface area contributed by atoms with Gasteiger partial charge in [0.25, 0.3) is 0 Å². The second-order valence-electron chi connectivity index (χ2n) is 2.45. The Hall–Kier alpha value is 0.920. The lowest BCUT2D eigenvalue weighted by atomic mass is 9.98. The third-order valence-electron chi connectivity index (χ3n) is 1.70. The fourth-order valence-corrected chi connectivity index (χ4v) is 2.87.